The first-order valence-corrected chi connectivity index (χ1v) is 10.6. The van der Waals surface area contributed by atoms with E-state index in [1.165, 1.54) is 19.2 Å². The summed E-state index contributed by atoms with van der Waals surface area (Å²) in [6, 6.07) is 9.63. The number of unbranched alkanes of at least 4 members (excludes halogenated alkanes) is 1. The van der Waals surface area contributed by atoms with E-state index in [4.69, 9.17) is 19.6 Å². The minimum absolute atomic E-state index is 0.0335. The molecule has 0 saturated heterocycles. The number of aryl methyl sites for hydroxylation is 2. The summed E-state index contributed by atoms with van der Waals surface area (Å²) < 4.78 is 38.6. The first kappa shape index (κ1) is 24.3. The maximum absolute atomic E-state index is 14.4. The molecule has 2 aromatic carbocycles. The van der Waals surface area contributed by atoms with Gasteiger partial charge in [0, 0.05) is 37.5 Å². The monoisotopic (exact) mass is 456 g/mol. The Morgan fingerprint density at radius 3 is 2.27 bits per heavy atom. The van der Waals surface area contributed by atoms with Gasteiger partial charge in [0.2, 0.25) is 0 Å². The van der Waals surface area contributed by atoms with E-state index in [1.54, 1.807) is 13.3 Å². The molecule has 0 saturated carbocycles. The normalized spacial score (nSPS) is 10.9. The van der Waals surface area contributed by atoms with Crippen LogP contribution in [0.3, 0.4) is 0 Å². The molecule has 0 atom stereocenters. The van der Waals surface area contributed by atoms with Crippen molar-refractivity contribution < 1.29 is 28.2 Å². The number of aromatic nitrogens is 2. The number of carboxylic acid groups (broad SMARTS) is 1. The highest BCUT2D eigenvalue weighted by molar-refractivity contribution is 5.78. The maximum atomic E-state index is 14.4. The van der Waals surface area contributed by atoms with Crippen LogP contribution in [0.15, 0.2) is 42.6 Å². The number of carbonyl (C=O) groups is 1. The molecule has 0 amide bonds. The Morgan fingerprint density at radius 1 is 0.970 bits per heavy atom. The quantitative estimate of drug-likeness (QED) is 0.405. The highest BCUT2D eigenvalue weighted by atomic mass is 19.1. The Morgan fingerprint density at radius 2 is 1.67 bits per heavy atom. The van der Waals surface area contributed by atoms with Gasteiger partial charge in [0.25, 0.3) is 0 Å². The van der Waals surface area contributed by atoms with E-state index in [0.717, 1.165) is 24.1 Å². The van der Waals surface area contributed by atoms with Crippen molar-refractivity contribution in [3.8, 4) is 28.3 Å². The molecule has 1 aromatic heterocycles. The van der Waals surface area contributed by atoms with Crippen LogP contribution in [0, 0.1) is 11.6 Å². The minimum atomic E-state index is -0.864. The number of halogens is 2. The number of nitrogens with zero attached hydrogens (tertiary/aromatic N) is 2. The molecule has 174 valence electrons. The molecular formula is C25H26F2N2O4. The number of carboxylic acids is 1. The number of hydrogen-bond donors (Lipinski definition) is 1. The van der Waals surface area contributed by atoms with Crippen LogP contribution in [0.5, 0.6) is 5.75 Å². The van der Waals surface area contributed by atoms with Crippen LogP contribution in [-0.4, -0.2) is 41.9 Å². The summed E-state index contributed by atoms with van der Waals surface area (Å²) in [6.07, 6.45) is 4.48. The Balaban J connectivity index is 2.00. The molecule has 6 nitrogen and oxygen atoms in total. The van der Waals surface area contributed by atoms with Crippen molar-refractivity contribution in [2.75, 3.05) is 20.8 Å². The SMILES string of the molecule is COCCCCc1cnc(-c2cc(F)c(OC)c(F)c2)c(-c2ccc(CCC(=O)O)cc2)n1. The van der Waals surface area contributed by atoms with Crippen molar-refractivity contribution in [1.82, 2.24) is 9.97 Å². The van der Waals surface area contributed by atoms with Crippen molar-refractivity contribution in [1.29, 1.82) is 0 Å². The Kier molecular flexibility index (Phi) is 8.43. The zero-order valence-electron chi connectivity index (χ0n) is 18.6. The van der Waals surface area contributed by atoms with Crippen LogP contribution in [-0.2, 0) is 22.4 Å². The molecule has 1 N–H and O–H groups in total. The van der Waals surface area contributed by atoms with Gasteiger partial charge in [-0.3, -0.25) is 9.78 Å². The second kappa shape index (κ2) is 11.5. The zero-order valence-corrected chi connectivity index (χ0v) is 18.6. The molecular weight excluding hydrogens is 430 g/mol. The first-order valence-electron chi connectivity index (χ1n) is 10.6. The molecule has 3 rings (SSSR count). The van der Waals surface area contributed by atoms with E-state index in [2.05, 4.69) is 4.98 Å². The van der Waals surface area contributed by atoms with E-state index in [1.807, 2.05) is 24.3 Å². The van der Waals surface area contributed by atoms with Gasteiger partial charge in [0.15, 0.2) is 17.4 Å². The van der Waals surface area contributed by atoms with Crippen LogP contribution in [0.25, 0.3) is 22.5 Å². The van der Waals surface area contributed by atoms with Crippen molar-refractivity contribution >= 4 is 5.97 Å². The highest BCUT2D eigenvalue weighted by Crippen LogP contribution is 2.33. The number of hydrogen-bond acceptors (Lipinski definition) is 5. The van der Waals surface area contributed by atoms with Gasteiger partial charge in [-0.1, -0.05) is 24.3 Å². The summed E-state index contributed by atoms with van der Waals surface area (Å²) in [5, 5.41) is 8.89. The number of aliphatic carboxylic acids is 1. The average Bonchev–Trinajstić information content (AvgIpc) is 2.80. The van der Waals surface area contributed by atoms with Crippen molar-refractivity contribution in [2.45, 2.75) is 32.1 Å². The fraction of sp³-hybridized carbons (Fsp3) is 0.320. The third kappa shape index (κ3) is 6.32. The second-order valence-electron chi connectivity index (χ2n) is 7.57. The second-order valence-corrected chi connectivity index (χ2v) is 7.57. The van der Waals surface area contributed by atoms with Crippen molar-refractivity contribution in [2.24, 2.45) is 0 Å². The molecule has 3 aromatic rings. The first-order chi connectivity index (χ1) is 15.9. The smallest absolute Gasteiger partial charge is 0.303 e. The molecule has 1 heterocycles. The van der Waals surface area contributed by atoms with Crippen LogP contribution in [0.4, 0.5) is 8.78 Å². The molecule has 0 aliphatic heterocycles. The standard InChI is InChI=1S/C25H26F2N2O4/c1-32-12-4-3-5-19-15-28-23(18-13-20(26)25(33-2)21(27)14-18)24(29-19)17-9-6-16(7-10-17)8-11-22(30)31/h6-7,9-10,13-15H,3-5,8,11-12H2,1-2H3,(H,30,31). The predicted octanol–water partition coefficient (Wildman–Crippen LogP) is 5.08. The number of ether oxygens (including phenoxy) is 2. The van der Waals surface area contributed by atoms with Gasteiger partial charge >= 0.3 is 5.97 Å². The number of methoxy groups -OCH3 is 2. The van der Waals surface area contributed by atoms with Crippen LogP contribution in [0.1, 0.15) is 30.5 Å². The van der Waals surface area contributed by atoms with E-state index >= 15 is 0 Å². The predicted molar refractivity (Wildman–Crippen MR) is 120 cm³/mol. The highest BCUT2D eigenvalue weighted by Gasteiger charge is 2.18. The van der Waals surface area contributed by atoms with Gasteiger partial charge in [0.05, 0.1) is 24.2 Å². The van der Waals surface area contributed by atoms with E-state index in [9.17, 15) is 13.6 Å². The average molecular weight is 456 g/mol. The molecule has 0 radical (unpaired) electrons. The summed E-state index contributed by atoms with van der Waals surface area (Å²) in [5.74, 6) is -2.97. The Hall–Kier alpha value is -3.39. The topological polar surface area (TPSA) is 81.5 Å². The third-order valence-electron chi connectivity index (χ3n) is 5.18. The largest absolute Gasteiger partial charge is 0.491 e. The van der Waals surface area contributed by atoms with E-state index in [-0.39, 0.29) is 12.0 Å². The molecule has 0 bridgehead atoms. The minimum Gasteiger partial charge on any atom is -0.491 e. The van der Waals surface area contributed by atoms with Gasteiger partial charge in [-0.15, -0.1) is 0 Å². The third-order valence-corrected chi connectivity index (χ3v) is 5.18. The van der Waals surface area contributed by atoms with Crippen LogP contribution in [0.2, 0.25) is 0 Å². The van der Waals surface area contributed by atoms with Gasteiger partial charge in [-0.25, -0.2) is 13.8 Å². The summed E-state index contributed by atoms with van der Waals surface area (Å²) in [6.45, 7) is 0.653. The summed E-state index contributed by atoms with van der Waals surface area (Å²) in [7, 11) is 2.86. The molecule has 0 aliphatic rings. The Bertz CT molecular complexity index is 1080. The lowest BCUT2D eigenvalue weighted by Crippen LogP contribution is -2.02. The molecule has 0 aliphatic carbocycles. The maximum Gasteiger partial charge on any atom is 0.303 e. The molecule has 8 heteroatoms. The van der Waals surface area contributed by atoms with E-state index < -0.39 is 23.4 Å². The summed E-state index contributed by atoms with van der Waals surface area (Å²) >= 11 is 0. The van der Waals surface area contributed by atoms with Crippen molar-refractivity contribution in [3.63, 3.8) is 0 Å². The number of rotatable bonds is 11. The van der Waals surface area contributed by atoms with Gasteiger partial charge in [-0.05, 0) is 43.4 Å². The lowest BCUT2D eigenvalue weighted by Gasteiger charge is -2.13. The van der Waals surface area contributed by atoms with Crippen molar-refractivity contribution in [3.05, 3.63) is 65.5 Å². The van der Waals surface area contributed by atoms with Crippen LogP contribution >= 0.6 is 0 Å². The van der Waals surface area contributed by atoms with Gasteiger partial charge in [-0.2, -0.15) is 0 Å². The molecule has 0 unspecified atom stereocenters. The van der Waals surface area contributed by atoms with Gasteiger partial charge in [0.1, 0.15) is 0 Å². The Labute approximate surface area is 191 Å². The fourth-order valence-electron chi connectivity index (χ4n) is 3.48. The lowest BCUT2D eigenvalue weighted by molar-refractivity contribution is -0.136. The molecule has 0 fully saturated rings. The molecule has 0 spiro atoms. The zero-order chi connectivity index (χ0) is 23.8. The van der Waals surface area contributed by atoms with Gasteiger partial charge < -0.3 is 14.6 Å². The summed E-state index contributed by atoms with van der Waals surface area (Å²) in [5.41, 5.74) is 3.42. The van der Waals surface area contributed by atoms with Crippen LogP contribution < -0.4 is 4.74 Å². The lowest BCUT2D eigenvalue weighted by atomic mass is 10.0. The summed E-state index contributed by atoms with van der Waals surface area (Å²) in [4.78, 5) is 20.1. The van der Waals surface area contributed by atoms with E-state index in [0.29, 0.717) is 36.4 Å². The number of benzene rings is 2. The fourth-order valence-corrected chi connectivity index (χ4v) is 3.48. The molecule has 33 heavy (non-hydrogen) atoms.